The summed E-state index contributed by atoms with van der Waals surface area (Å²) in [6.07, 6.45) is 2.75. The Morgan fingerprint density at radius 1 is 1.44 bits per heavy atom. The lowest BCUT2D eigenvalue weighted by molar-refractivity contribution is 0.104. The van der Waals surface area contributed by atoms with Gasteiger partial charge in [0, 0.05) is 37.7 Å². The minimum Gasteiger partial charge on any atom is -0.380 e. The van der Waals surface area contributed by atoms with E-state index in [0.717, 1.165) is 45.3 Å². The van der Waals surface area contributed by atoms with Crippen LogP contribution < -0.4 is 5.32 Å². The van der Waals surface area contributed by atoms with Crippen molar-refractivity contribution in [1.29, 1.82) is 0 Å². The molecule has 1 fully saturated rings. The highest BCUT2D eigenvalue weighted by molar-refractivity contribution is 7.09. The molecule has 18 heavy (non-hydrogen) atoms. The Morgan fingerprint density at radius 3 is 3.06 bits per heavy atom. The third kappa shape index (κ3) is 5.96. The van der Waals surface area contributed by atoms with Gasteiger partial charge in [-0.25, -0.2) is 0 Å². The van der Waals surface area contributed by atoms with E-state index in [1.165, 1.54) is 17.7 Å². The number of hydrogen-bond donors (Lipinski definition) is 1. The molecule has 1 saturated carbocycles. The molecule has 1 aromatic rings. The van der Waals surface area contributed by atoms with E-state index in [4.69, 9.17) is 4.74 Å². The van der Waals surface area contributed by atoms with Gasteiger partial charge in [-0.15, -0.1) is 11.3 Å². The quantitative estimate of drug-likeness (QED) is 0.658. The van der Waals surface area contributed by atoms with E-state index >= 15 is 0 Å². The number of ether oxygens (including phenoxy) is 1. The van der Waals surface area contributed by atoms with E-state index in [-0.39, 0.29) is 0 Å². The Morgan fingerprint density at radius 2 is 2.33 bits per heavy atom. The number of likely N-dealkylation sites (N-methyl/N-ethyl adjacent to an activating group) is 1. The van der Waals surface area contributed by atoms with Crippen molar-refractivity contribution >= 4 is 11.3 Å². The zero-order valence-corrected chi connectivity index (χ0v) is 12.0. The summed E-state index contributed by atoms with van der Waals surface area (Å²) in [6, 6.07) is 4.28. The Bertz CT molecular complexity index is 312. The van der Waals surface area contributed by atoms with E-state index < -0.39 is 0 Å². The van der Waals surface area contributed by atoms with E-state index in [1.54, 1.807) is 0 Å². The molecule has 0 bridgehead atoms. The molecule has 102 valence electrons. The van der Waals surface area contributed by atoms with Crippen molar-refractivity contribution < 1.29 is 4.74 Å². The van der Waals surface area contributed by atoms with Crippen LogP contribution in [0.3, 0.4) is 0 Å². The average Bonchev–Trinajstić information content (AvgIpc) is 3.05. The molecule has 2 rings (SSSR count). The molecule has 0 aliphatic heterocycles. The molecular formula is C14H24N2OS. The second kappa shape index (κ2) is 7.89. The van der Waals surface area contributed by atoms with Crippen LogP contribution in [0, 0.1) is 5.92 Å². The fourth-order valence-corrected chi connectivity index (χ4v) is 2.44. The van der Waals surface area contributed by atoms with Crippen molar-refractivity contribution in [2.75, 3.05) is 39.9 Å². The summed E-state index contributed by atoms with van der Waals surface area (Å²) in [5, 5.41) is 5.59. The van der Waals surface area contributed by atoms with Crippen LogP contribution in [0.2, 0.25) is 0 Å². The van der Waals surface area contributed by atoms with Gasteiger partial charge in [0.2, 0.25) is 0 Å². The monoisotopic (exact) mass is 268 g/mol. The maximum Gasteiger partial charge on any atom is 0.0593 e. The first kappa shape index (κ1) is 14.0. The van der Waals surface area contributed by atoms with Crippen molar-refractivity contribution in [1.82, 2.24) is 10.2 Å². The molecule has 1 aromatic heterocycles. The average molecular weight is 268 g/mol. The minimum absolute atomic E-state index is 0.873. The summed E-state index contributed by atoms with van der Waals surface area (Å²) in [4.78, 5) is 3.74. The van der Waals surface area contributed by atoms with Gasteiger partial charge < -0.3 is 15.0 Å². The lowest BCUT2D eigenvalue weighted by atomic mass is 10.4. The number of thiophene rings is 1. The molecule has 0 amide bonds. The molecule has 0 spiro atoms. The van der Waals surface area contributed by atoms with Crippen LogP contribution in [0.1, 0.15) is 17.7 Å². The minimum atomic E-state index is 0.873. The van der Waals surface area contributed by atoms with E-state index in [1.807, 2.05) is 11.3 Å². The van der Waals surface area contributed by atoms with Crippen LogP contribution in [0.4, 0.5) is 0 Å². The predicted molar refractivity (Wildman–Crippen MR) is 77.1 cm³/mol. The molecule has 1 aliphatic carbocycles. The highest BCUT2D eigenvalue weighted by Crippen LogP contribution is 2.28. The summed E-state index contributed by atoms with van der Waals surface area (Å²) in [5.41, 5.74) is 0. The first-order chi connectivity index (χ1) is 8.84. The molecule has 4 heteroatoms. The lowest BCUT2D eigenvalue weighted by Gasteiger charge is -2.16. The van der Waals surface area contributed by atoms with E-state index in [2.05, 4.69) is 34.8 Å². The maximum atomic E-state index is 5.63. The zero-order valence-electron chi connectivity index (χ0n) is 11.2. The number of nitrogens with zero attached hydrogens (tertiary/aromatic N) is 1. The SMILES string of the molecule is CN(CCNCc1cccs1)CCOCC1CC1. The summed E-state index contributed by atoms with van der Waals surface area (Å²) >= 11 is 1.81. The van der Waals surface area contributed by atoms with Gasteiger partial charge in [0.15, 0.2) is 0 Å². The summed E-state index contributed by atoms with van der Waals surface area (Å²) in [6.45, 7) is 5.99. The molecule has 0 unspecified atom stereocenters. The number of rotatable bonds is 10. The first-order valence-corrected chi connectivity index (χ1v) is 7.72. The van der Waals surface area contributed by atoms with Gasteiger partial charge in [0.1, 0.15) is 0 Å². The lowest BCUT2D eigenvalue weighted by Crippen LogP contribution is -2.31. The van der Waals surface area contributed by atoms with Gasteiger partial charge in [-0.05, 0) is 37.3 Å². The van der Waals surface area contributed by atoms with Crippen LogP contribution in [-0.2, 0) is 11.3 Å². The van der Waals surface area contributed by atoms with Crippen LogP contribution in [0.25, 0.3) is 0 Å². The highest BCUT2D eigenvalue weighted by Gasteiger charge is 2.20. The Hall–Kier alpha value is -0.420. The molecule has 1 aliphatic rings. The predicted octanol–water partition coefficient (Wildman–Crippen LogP) is 2.20. The van der Waals surface area contributed by atoms with Crippen LogP contribution in [-0.4, -0.2) is 44.8 Å². The van der Waals surface area contributed by atoms with Crippen molar-refractivity contribution in [2.24, 2.45) is 5.92 Å². The van der Waals surface area contributed by atoms with Gasteiger partial charge >= 0.3 is 0 Å². The standard InChI is InChI=1S/C14H24N2OS/c1-16(8-9-17-12-13-4-5-13)7-6-15-11-14-3-2-10-18-14/h2-3,10,13,15H,4-9,11-12H2,1H3. The summed E-state index contributed by atoms with van der Waals surface area (Å²) in [5.74, 6) is 0.878. The van der Waals surface area contributed by atoms with Crippen LogP contribution in [0.5, 0.6) is 0 Å². The molecule has 0 saturated heterocycles. The topological polar surface area (TPSA) is 24.5 Å². The largest absolute Gasteiger partial charge is 0.380 e. The normalized spacial score (nSPS) is 15.4. The molecular weight excluding hydrogens is 244 g/mol. The second-order valence-electron chi connectivity index (χ2n) is 5.08. The third-order valence-electron chi connectivity index (χ3n) is 3.22. The first-order valence-electron chi connectivity index (χ1n) is 6.84. The van der Waals surface area contributed by atoms with Gasteiger partial charge in [-0.1, -0.05) is 6.07 Å². The Labute approximate surface area is 114 Å². The van der Waals surface area contributed by atoms with Gasteiger partial charge in [-0.2, -0.15) is 0 Å². The molecule has 1 heterocycles. The fraction of sp³-hybridized carbons (Fsp3) is 0.714. The summed E-state index contributed by atoms with van der Waals surface area (Å²) in [7, 11) is 2.16. The second-order valence-corrected chi connectivity index (χ2v) is 6.11. The van der Waals surface area contributed by atoms with Crippen molar-refractivity contribution in [2.45, 2.75) is 19.4 Å². The maximum absolute atomic E-state index is 5.63. The summed E-state index contributed by atoms with van der Waals surface area (Å²) < 4.78 is 5.63. The van der Waals surface area contributed by atoms with Crippen molar-refractivity contribution in [3.8, 4) is 0 Å². The van der Waals surface area contributed by atoms with Gasteiger partial charge in [0.05, 0.1) is 6.61 Å². The van der Waals surface area contributed by atoms with Gasteiger partial charge in [-0.3, -0.25) is 0 Å². The smallest absolute Gasteiger partial charge is 0.0593 e. The van der Waals surface area contributed by atoms with Crippen molar-refractivity contribution in [3.05, 3.63) is 22.4 Å². The van der Waals surface area contributed by atoms with E-state index in [9.17, 15) is 0 Å². The molecule has 3 nitrogen and oxygen atoms in total. The Balaban J connectivity index is 1.40. The highest BCUT2D eigenvalue weighted by atomic mass is 32.1. The number of hydrogen-bond acceptors (Lipinski definition) is 4. The molecule has 1 N–H and O–H groups in total. The fourth-order valence-electron chi connectivity index (χ4n) is 1.76. The third-order valence-corrected chi connectivity index (χ3v) is 4.09. The van der Waals surface area contributed by atoms with E-state index in [0.29, 0.717) is 0 Å². The number of nitrogens with one attached hydrogen (secondary N) is 1. The van der Waals surface area contributed by atoms with Gasteiger partial charge in [0.25, 0.3) is 0 Å². The zero-order chi connectivity index (χ0) is 12.6. The molecule has 0 aromatic carbocycles. The van der Waals surface area contributed by atoms with Crippen molar-refractivity contribution in [3.63, 3.8) is 0 Å². The molecule has 0 atom stereocenters. The van der Waals surface area contributed by atoms with Crippen LogP contribution in [0.15, 0.2) is 17.5 Å². The molecule has 0 radical (unpaired) electrons. The van der Waals surface area contributed by atoms with Crippen LogP contribution >= 0.6 is 11.3 Å². The Kier molecular flexibility index (Phi) is 6.14.